The molecule has 8 heteroatoms. The Bertz CT molecular complexity index is 1500. The third kappa shape index (κ3) is 4.13. The number of anilines is 1. The molecule has 2 amide bonds. The van der Waals surface area contributed by atoms with Gasteiger partial charge in [0.25, 0.3) is 0 Å². The third-order valence-electron chi connectivity index (χ3n) is 8.22. The second-order valence-corrected chi connectivity index (χ2v) is 11.3. The van der Waals surface area contributed by atoms with E-state index in [1.807, 2.05) is 18.2 Å². The second kappa shape index (κ2) is 9.84. The summed E-state index contributed by atoms with van der Waals surface area (Å²) in [5.41, 5.74) is 3.52. The highest BCUT2D eigenvalue weighted by Crippen LogP contribution is 2.55. The van der Waals surface area contributed by atoms with Crippen LogP contribution in [0.1, 0.15) is 31.2 Å². The van der Waals surface area contributed by atoms with Crippen molar-refractivity contribution >= 4 is 45.0 Å². The molecule has 0 unspecified atom stereocenters. The Morgan fingerprint density at radius 3 is 2.38 bits per heavy atom. The number of aliphatic hydroxyl groups is 1. The first-order chi connectivity index (χ1) is 18.8. The summed E-state index contributed by atoms with van der Waals surface area (Å²) in [4.78, 5) is 55.4. The predicted octanol–water partition coefficient (Wildman–Crippen LogP) is 4.45. The molecule has 1 fully saturated rings. The van der Waals surface area contributed by atoms with Gasteiger partial charge in [0, 0.05) is 27.1 Å². The van der Waals surface area contributed by atoms with Gasteiger partial charge >= 0.3 is 0 Å². The summed E-state index contributed by atoms with van der Waals surface area (Å²) in [6.45, 7) is 1.70. The SMILES string of the molecule is CC1=CC(=O)C2=C(C[C@@H]3C(=CC[C@@H]4C(=O)N(c5ccc(Br)cc5)C(=O)[C@@H]43)[C@@H]2c2ccc(OCCO)cc2)C1=O. The molecule has 4 atom stereocenters. The van der Waals surface area contributed by atoms with Crippen molar-refractivity contribution in [3.05, 3.63) is 93.0 Å². The standard InChI is InChI=1S/C31H26BrNO6/c1-16-14-25(35)28-24(29(16)36)15-23-21(26(28)17-2-8-20(9-3-17)39-13-12-34)10-11-22-27(23)31(38)33(30(22)37)19-6-4-18(32)5-7-19/h2-10,14,22-23,26-27,34H,11-13,15H2,1H3/t22-,23+,26-,27-/m0/s1. The summed E-state index contributed by atoms with van der Waals surface area (Å²) in [6, 6.07) is 14.3. The van der Waals surface area contributed by atoms with Crippen LogP contribution in [0.3, 0.4) is 0 Å². The molecule has 0 saturated carbocycles. The smallest absolute Gasteiger partial charge is 0.238 e. The molecular weight excluding hydrogens is 562 g/mol. The number of hydrogen-bond acceptors (Lipinski definition) is 6. The van der Waals surface area contributed by atoms with E-state index in [-0.39, 0.29) is 48.9 Å². The fraction of sp³-hybridized carbons (Fsp3) is 0.290. The normalized spacial score (nSPS) is 26.2. The number of rotatable bonds is 5. The maximum absolute atomic E-state index is 13.9. The number of ether oxygens (including phenoxy) is 1. The predicted molar refractivity (Wildman–Crippen MR) is 147 cm³/mol. The zero-order valence-corrected chi connectivity index (χ0v) is 22.8. The summed E-state index contributed by atoms with van der Waals surface area (Å²) < 4.78 is 6.35. The molecule has 0 spiro atoms. The van der Waals surface area contributed by atoms with E-state index >= 15 is 0 Å². The lowest BCUT2D eigenvalue weighted by molar-refractivity contribution is -0.123. The van der Waals surface area contributed by atoms with E-state index in [9.17, 15) is 19.2 Å². The first-order valence-corrected chi connectivity index (χ1v) is 13.8. The molecule has 2 aromatic carbocycles. The van der Waals surface area contributed by atoms with Gasteiger partial charge in [0.05, 0.1) is 24.1 Å². The lowest BCUT2D eigenvalue weighted by Crippen LogP contribution is -2.39. The lowest BCUT2D eigenvalue weighted by atomic mass is 9.59. The minimum Gasteiger partial charge on any atom is -0.491 e. The molecule has 2 aromatic rings. The molecular formula is C31H26BrNO6. The minimum atomic E-state index is -0.612. The molecule has 1 aliphatic heterocycles. The Kier molecular flexibility index (Phi) is 6.47. The number of benzene rings is 2. The van der Waals surface area contributed by atoms with Crippen LogP contribution in [0.4, 0.5) is 5.69 Å². The summed E-state index contributed by atoms with van der Waals surface area (Å²) in [5.74, 6) is -2.30. The average molecular weight is 588 g/mol. The highest BCUT2D eigenvalue weighted by atomic mass is 79.9. The molecule has 6 rings (SSSR count). The number of amides is 2. The van der Waals surface area contributed by atoms with Gasteiger partial charge in [0.15, 0.2) is 11.6 Å². The summed E-state index contributed by atoms with van der Waals surface area (Å²) in [7, 11) is 0. The Hall–Kier alpha value is -3.62. The van der Waals surface area contributed by atoms with E-state index in [0.717, 1.165) is 15.6 Å². The third-order valence-corrected chi connectivity index (χ3v) is 8.75. The number of carbonyl (C=O) groups excluding carboxylic acids is 4. The quantitative estimate of drug-likeness (QED) is 0.315. The number of carbonyl (C=O) groups is 4. The topological polar surface area (TPSA) is 101 Å². The number of allylic oxidation sites excluding steroid dienone is 6. The highest BCUT2D eigenvalue weighted by Gasteiger charge is 2.56. The molecule has 198 valence electrons. The number of nitrogens with zero attached hydrogens (tertiary/aromatic N) is 1. The van der Waals surface area contributed by atoms with Crippen LogP contribution in [0.2, 0.25) is 0 Å². The number of fused-ring (bicyclic) bond motifs is 3. The molecule has 3 aliphatic carbocycles. The van der Waals surface area contributed by atoms with E-state index in [1.54, 1.807) is 43.3 Å². The molecule has 0 radical (unpaired) electrons. The Morgan fingerprint density at radius 1 is 0.974 bits per heavy atom. The number of imide groups is 1. The fourth-order valence-electron chi connectivity index (χ4n) is 6.53. The molecule has 7 nitrogen and oxygen atoms in total. The summed E-state index contributed by atoms with van der Waals surface area (Å²) >= 11 is 3.40. The van der Waals surface area contributed by atoms with Crippen molar-refractivity contribution in [2.45, 2.75) is 25.7 Å². The highest BCUT2D eigenvalue weighted by molar-refractivity contribution is 9.10. The van der Waals surface area contributed by atoms with Crippen molar-refractivity contribution < 1.29 is 29.0 Å². The Morgan fingerprint density at radius 2 is 1.69 bits per heavy atom. The maximum atomic E-state index is 13.9. The lowest BCUT2D eigenvalue weighted by Gasteiger charge is -2.42. The average Bonchev–Trinajstić information content (AvgIpc) is 3.20. The number of aliphatic hydroxyl groups excluding tert-OH is 1. The number of ketones is 2. The van der Waals surface area contributed by atoms with Crippen molar-refractivity contribution in [3.8, 4) is 5.75 Å². The van der Waals surface area contributed by atoms with E-state index in [1.165, 1.54) is 11.0 Å². The van der Waals surface area contributed by atoms with Crippen LogP contribution < -0.4 is 9.64 Å². The molecule has 1 heterocycles. The van der Waals surface area contributed by atoms with Crippen molar-refractivity contribution in [2.75, 3.05) is 18.1 Å². The molecule has 39 heavy (non-hydrogen) atoms. The number of Topliss-reactive ketones (excluding diaryl/α,β-unsaturated/α-hetero) is 1. The first-order valence-electron chi connectivity index (χ1n) is 13.0. The summed E-state index contributed by atoms with van der Waals surface area (Å²) in [5, 5.41) is 9.07. The van der Waals surface area contributed by atoms with Crippen molar-refractivity contribution in [3.63, 3.8) is 0 Å². The van der Waals surface area contributed by atoms with E-state index in [4.69, 9.17) is 9.84 Å². The van der Waals surface area contributed by atoms with Gasteiger partial charge in [-0.3, -0.25) is 24.1 Å². The van der Waals surface area contributed by atoms with Crippen LogP contribution in [0, 0.1) is 17.8 Å². The van der Waals surface area contributed by atoms with E-state index in [2.05, 4.69) is 15.9 Å². The van der Waals surface area contributed by atoms with E-state index < -0.39 is 17.8 Å². The van der Waals surface area contributed by atoms with Gasteiger partial charge in [0.1, 0.15) is 12.4 Å². The minimum absolute atomic E-state index is 0.107. The van der Waals surface area contributed by atoms with E-state index in [0.29, 0.717) is 34.6 Å². The van der Waals surface area contributed by atoms with Crippen molar-refractivity contribution in [2.24, 2.45) is 17.8 Å². The van der Waals surface area contributed by atoms with Crippen LogP contribution in [-0.2, 0) is 19.2 Å². The van der Waals surface area contributed by atoms with Crippen LogP contribution in [0.5, 0.6) is 5.75 Å². The zero-order chi connectivity index (χ0) is 27.4. The van der Waals surface area contributed by atoms with Gasteiger partial charge in [-0.05, 0) is 73.7 Å². The molecule has 1 N–H and O–H groups in total. The summed E-state index contributed by atoms with van der Waals surface area (Å²) in [6.07, 6.45) is 4.05. The monoisotopic (exact) mass is 587 g/mol. The van der Waals surface area contributed by atoms with Gasteiger partial charge in [0.2, 0.25) is 11.8 Å². The fourth-order valence-corrected chi connectivity index (χ4v) is 6.79. The van der Waals surface area contributed by atoms with Gasteiger partial charge in [-0.2, -0.15) is 0 Å². The number of hydrogen-bond donors (Lipinski definition) is 1. The van der Waals surface area contributed by atoms with Crippen LogP contribution >= 0.6 is 15.9 Å². The van der Waals surface area contributed by atoms with Crippen LogP contribution in [0.15, 0.2) is 87.4 Å². The molecule has 0 bridgehead atoms. The largest absolute Gasteiger partial charge is 0.491 e. The molecule has 0 aromatic heterocycles. The van der Waals surface area contributed by atoms with Gasteiger partial charge in [-0.25, -0.2) is 0 Å². The van der Waals surface area contributed by atoms with Crippen molar-refractivity contribution in [1.29, 1.82) is 0 Å². The van der Waals surface area contributed by atoms with Crippen molar-refractivity contribution in [1.82, 2.24) is 0 Å². The van der Waals surface area contributed by atoms with Crippen LogP contribution in [0.25, 0.3) is 0 Å². The zero-order valence-electron chi connectivity index (χ0n) is 21.2. The van der Waals surface area contributed by atoms with Gasteiger partial charge in [-0.15, -0.1) is 0 Å². The van der Waals surface area contributed by atoms with Gasteiger partial charge < -0.3 is 9.84 Å². The molecule has 1 saturated heterocycles. The Labute approximate surface area is 234 Å². The number of halogens is 1. The first kappa shape index (κ1) is 25.6. The maximum Gasteiger partial charge on any atom is 0.238 e. The van der Waals surface area contributed by atoms with Crippen LogP contribution in [-0.4, -0.2) is 41.7 Å². The molecule has 4 aliphatic rings. The Balaban J connectivity index is 1.43. The van der Waals surface area contributed by atoms with Gasteiger partial charge in [-0.1, -0.05) is 39.7 Å². The second-order valence-electron chi connectivity index (χ2n) is 10.4.